The first-order valence-electron chi connectivity index (χ1n) is 7.13. The van der Waals surface area contributed by atoms with Gasteiger partial charge in [-0.3, -0.25) is 9.48 Å². The van der Waals surface area contributed by atoms with Crippen molar-refractivity contribution in [2.45, 2.75) is 46.6 Å². The molecule has 0 unspecified atom stereocenters. The summed E-state index contributed by atoms with van der Waals surface area (Å²) in [5.41, 5.74) is 2.93. The molecule has 0 spiro atoms. The summed E-state index contributed by atoms with van der Waals surface area (Å²) in [5.74, 6) is 0.0274. The molecule has 5 heteroatoms. The number of aromatic nitrogens is 2. The third-order valence-corrected chi connectivity index (χ3v) is 4.91. The van der Waals surface area contributed by atoms with E-state index in [1.165, 1.54) is 5.57 Å². The second-order valence-electron chi connectivity index (χ2n) is 5.53. The predicted octanol–water partition coefficient (Wildman–Crippen LogP) is 3.68. The first kappa shape index (κ1) is 15.3. The average molecular weight is 340 g/mol. The van der Waals surface area contributed by atoms with Crippen molar-refractivity contribution in [3.8, 4) is 0 Å². The summed E-state index contributed by atoms with van der Waals surface area (Å²) < 4.78 is 3.07. The normalized spacial score (nSPS) is 17.6. The third kappa shape index (κ3) is 2.97. The minimum atomic E-state index is 0.0274. The smallest absolute Gasteiger partial charge is 0.274 e. The number of amides is 1. The van der Waals surface area contributed by atoms with Gasteiger partial charge in [0, 0.05) is 22.8 Å². The minimum Gasteiger partial charge on any atom is -0.332 e. The highest BCUT2D eigenvalue weighted by molar-refractivity contribution is 9.11. The SMILES string of the molecule is CC[C@H](C)n1nc(C(=O)N2CCC(C)=C(Br)C2)cc1C. The zero-order valence-electron chi connectivity index (χ0n) is 12.6. The van der Waals surface area contributed by atoms with Crippen LogP contribution in [0.1, 0.15) is 55.8 Å². The lowest BCUT2D eigenvalue weighted by Crippen LogP contribution is -2.36. The zero-order chi connectivity index (χ0) is 14.9. The van der Waals surface area contributed by atoms with Gasteiger partial charge in [-0.1, -0.05) is 28.4 Å². The van der Waals surface area contributed by atoms with Crippen LogP contribution in [0.5, 0.6) is 0 Å². The molecular weight excluding hydrogens is 318 g/mol. The second-order valence-corrected chi connectivity index (χ2v) is 6.49. The second kappa shape index (κ2) is 6.12. The number of carbonyl (C=O) groups is 1. The predicted molar refractivity (Wildman–Crippen MR) is 84.1 cm³/mol. The van der Waals surface area contributed by atoms with Crippen molar-refractivity contribution in [3.05, 3.63) is 27.5 Å². The maximum atomic E-state index is 12.5. The van der Waals surface area contributed by atoms with E-state index in [1.807, 2.05) is 22.6 Å². The van der Waals surface area contributed by atoms with E-state index in [9.17, 15) is 4.79 Å². The average Bonchev–Trinajstić information content (AvgIpc) is 2.82. The number of nitrogens with zero attached hydrogens (tertiary/aromatic N) is 3. The molecule has 4 nitrogen and oxygen atoms in total. The molecule has 1 aromatic heterocycles. The van der Waals surface area contributed by atoms with E-state index in [1.54, 1.807) is 0 Å². The monoisotopic (exact) mass is 339 g/mol. The van der Waals surface area contributed by atoms with E-state index in [-0.39, 0.29) is 5.91 Å². The molecule has 1 aromatic rings. The topological polar surface area (TPSA) is 38.1 Å². The molecule has 0 aliphatic carbocycles. The van der Waals surface area contributed by atoms with Crippen molar-refractivity contribution < 1.29 is 4.79 Å². The first-order valence-corrected chi connectivity index (χ1v) is 7.92. The summed E-state index contributed by atoms with van der Waals surface area (Å²) in [6.07, 6.45) is 1.94. The van der Waals surface area contributed by atoms with Crippen LogP contribution < -0.4 is 0 Å². The van der Waals surface area contributed by atoms with Gasteiger partial charge in [0.15, 0.2) is 5.69 Å². The molecule has 0 fully saturated rings. The van der Waals surface area contributed by atoms with E-state index in [2.05, 4.69) is 41.8 Å². The van der Waals surface area contributed by atoms with Gasteiger partial charge in [-0.25, -0.2) is 0 Å². The molecule has 1 amide bonds. The maximum Gasteiger partial charge on any atom is 0.274 e. The quantitative estimate of drug-likeness (QED) is 0.842. The lowest BCUT2D eigenvalue weighted by Gasteiger charge is -2.27. The van der Waals surface area contributed by atoms with Gasteiger partial charge in [0.25, 0.3) is 5.91 Å². The van der Waals surface area contributed by atoms with Crippen molar-refractivity contribution in [3.63, 3.8) is 0 Å². The number of rotatable bonds is 3. The van der Waals surface area contributed by atoms with Gasteiger partial charge in [-0.15, -0.1) is 0 Å². The molecule has 0 saturated carbocycles. The van der Waals surface area contributed by atoms with E-state index in [0.717, 1.165) is 29.6 Å². The number of hydrogen-bond acceptors (Lipinski definition) is 2. The summed E-state index contributed by atoms with van der Waals surface area (Å²) in [7, 11) is 0. The third-order valence-electron chi connectivity index (χ3n) is 3.99. The van der Waals surface area contributed by atoms with Crippen LogP contribution in [0, 0.1) is 6.92 Å². The Hall–Kier alpha value is -1.10. The van der Waals surface area contributed by atoms with Gasteiger partial charge in [0.05, 0.1) is 6.54 Å². The van der Waals surface area contributed by atoms with Gasteiger partial charge in [-0.2, -0.15) is 5.10 Å². The van der Waals surface area contributed by atoms with Crippen LogP contribution >= 0.6 is 15.9 Å². The molecular formula is C15H22BrN3O. The molecule has 0 saturated heterocycles. The van der Waals surface area contributed by atoms with Gasteiger partial charge >= 0.3 is 0 Å². The summed E-state index contributed by atoms with van der Waals surface area (Å²) in [5, 5.41) is 4.49. The number of carbonyl (C=O) groups excluding carboxylic acids is 1. The zero-order valence-corrected chi connectivity index (χ0v) is 14.2. The highest BCUT2D eigenvalue weighted by Gasteiger charge is 2.24. The van der Waals surface area contributed by atoms with Crippen molar-refractivity contribution in [2.75, 3.05) is 13.1 Å². The van der Waals surface area contributed by atoms with E-state index >= 15 is 0 Å². The fourth-order valence-corrected chi connectivity index (χ4v) is 2.87. The molecule has 20 heavy (non-hydrogen) atoms. The van der Waals surface area contributed by atoms with Crippen LogP contribution in [0.15, 0.2) is 16.1 Å². The molecule has 1 atom stereocenters. The van der Waals surface area contributed by atoms with Crippen LogP contribution in [0.25, 0.3) is 0 Å². The van der Waals surface area contributed by atoms with E-state index in [0.29, 0.717) is 18.3 Å². The standard InChI is InChI=1S/C15H22BrN3O/c1-5-11(3)19-12(4)8-14(17-19)15(20)18-7-6-10(2)13(16)9-18/h8,11H,5-7,9H2,1-4H3/t11-/m0/s1. The lowest BCUT2D eigenvalue weighted by molar-refractivity contribution is 0.0760. The summed E-state index contributed by atoms with van der Waals surface area (Å²) >= 11 is 3.55. The van der Waals surface area contributed by atoms with Crippen molar-refractivity contribution in [1.29, 1.82) is 0 Å². The Bertz CT molecular complexity index is 547. The highest BCUT2D eigenvalue weighted by atomic mass is 79.9. The number of hydrogen-bond donors (Lipinski definition) is 0. The Kier molecular flexibility index (Phi) is 4.68. The van der Waals surface area contributed by atoms with Gasteiger partial charge < -0.3 is 4.90 Å². The molecule has 2 rings (SSSR count). The molecule has 1 aliphatic heterocycles. The number of halogens is 1. The summed E-state index contributed by atoms with van der Waals surface area (Å²) in [6, 6.07) is 2.22. The number of aryl methyl sites for hydroxylation is 1. The Balaban J connectivity index is 2.18. The largest absolute Gasteiger partial charge is 0.332 e. The molecule has 0 N–H and O–H groups in total. The lowest BCUT2D eigenvalue weighted by atomic mass is 10.1. The fourth-order valence-electron chi connectivity index (χ4n) is 2.37. The van der Waals surface area contributed by atoms with Crippen molar-refractivity contribution in [1.82, 2.24) is 14.7 Å². The van der Waals surface area contributed by atoms with Crippen molar-refractivity contribution in [2.24, 2.45) is 0 Å². The summed E-state index contributed by atoms with van der Waals surface area (Å²) in [4.78, 5) is 14.4. The molecule has 0 radical (unpaired) electrons. The highest BCUT2D eigenvalue weighted by Crippen LogP contribution is 2.23. The Morgan fingerprint density at radius 1 is 1.50 bits per heavy atom. The molecule has 2 heterocycles. The first-order chi connectivity index (χ1) is 9.43. The minimum absolute atomic E-state index is 0.0274. The Labute approximate surface area is 129 Å². The van der Waals surface area contributed by atoms with Gasteiger partial charge in [0.1, 0.15) is 0 Å². The van der Waals surface area contributed by atoms with Gasteiger partial charge in [-0.05, 0) is 39.7 Å². The van der Waals surface area contributed by atoms with Crippen LogP contribution in [0.2, 0.25) is 0 Å². The molecule has 0 aromatic carbocycles. The Morgan fingerprint density at radius 2 is 2.20 bits per heavy atom. The molecule has 0 bridgehead atoms. The maximum absolute atomic E-state index is 12.5. The molecule has 1 aliphatic rings. The van der Waals surface area contributed by atoms with Crippen LogP contribution in [0.3, 0.4) is 0 Å². The Morgan fingerprint density at radius 3 is 2.80 bits per heavy atom. The molecule has 110 valence electrons. The van der Waals surface area contributed by atoms with Gasteiger partial charge in [0.2, 0.25) is 0 Å². The summed E-state index contributed by atoms with van der Waals surface area (Å²) in [6.45, 7) is 9.79. The van der Waals surface area contributed by atoms with Crippen LogP contribution in [-0.2, 0) is 0 Å². The van der Waals surface area contributed by atoms with Crippen LogP contribution in [0.4, 0.5) is 0 Å². The van der Waals surface area contributed by atoms with E-state index < -0.39 is 0 Å². The fraction of sp³-hybridized carbons (Fsp3) is 0.600. The van der Waals surface area contributed by atoms with Crippen molar-refractivity contribution >= 4 is 21.8 Å². The van der Waals surface area contributed by atoms with Crippen LogP contribution in [-0.4, -0.2) is 33.7 Å². The van der Waals surface area contributed by atoms with E-state index in [4.69, 9.17) is 0 Å².